The summed E-state index contributed by atoms with van der Waals surface area (Å²) in [6, 6.07) is 6.28. The Morgan fingerprint density at radius 2 is 2.17 bits per heavy atom. The van der Waals surface area contributed by atoms with Crippen molar-refractivity contribution in [3.05, 3.63) is 39.8 Å². The molecule has 2 aromatic rings. The number of aromatic nitrogens is 1. The Hall–Kier alpha value is -1.88. The molecule has 1 heterocycles. The molecule has 0 saturated heterocycles. The number of fused-ring (bicyclic) bond motifs is 1. The van der Waals surface area contributed by atoms with Gasteiger partial charge in [-0.1, -0.05) is 0 Å². The third-order valence-corrected chi connectivity index (χ3v) is 5.75. The van der Waals surface area contributed by atoms with E-state index in [1.54, 1.807) is 11.3 Å². The standard InChI is InChI=1S/C19H25N3OS/c1-4-22(5-2)15-7-9-16(13(3)10-15)21-19(23)14-6-8-17-18(11-14)24-12-20-17/h7,9-10,12,14H,4-6,8,11H2,1-3H3,(H,21,23). The summed E-state index contributed by atoms with van der Waals surface area (Å²) >= 11 is 1.67. The highest BCUT2D eigenvalue weighted by atomic mass is 32.1. The third-order valence-electron chi connectivity index (χ3n) is 4.85. The molecular weight excluding hydrogens is 318 g/mol. The van der Waals surface area contributed by atoms with E-state index in [9.17, 15) is 4.79 Å². The minimum atomic E-state index is 0.0554. The fourth-order valence-corrected chi connectivity index (χ4v) is 4.23. The first-order chi connectivity index (χ1) is 11.6. The van der Waals surface area contributed by atoms with Crippen LogP contribution in [-0.4, -0.2) is 24.0 Å². The van der Waals surface area contributed by atoms with Crippen molar-refractivity contribution >= 4 is 28.6 Å². The highest BCUT2D eigenvalue weighted by molar-refractivity contribution is 7.09. The highest BCUT2D eigenvalue weighted by Gasteiger charge is 2.26. The number of rotatable bonds is 5. The van der Waals surface area contributed by atoms with E-state index < -0.39 is 0 Å². The molecule has 1 N–H and O–H groups in total. The lowest BCUT2D eigenvalue weighted by Crippen LogP contribution is -2.28. The number of thiazole rings is 1. The molecule has 0 fully saturated rings. The number of aryl methyl sites for hydroxylation is 2. The zero-order valence-electron chi connectivity index (χ0n) is 14.6. The summed E-state index contributed by atoms with van der Waals surface area (Å²) in [4.78, 5) is 20.6. The smallest absolute Gasteiger partial charge is 0.227 e. The van der Waals surface area contributed by atoms with Gasteiger partial charge >= 0.3 is 0 Å². The van der Waals surface area contributed by atoms with Crippen molar-refractivity contribution in [2.45, 2.75) is 40.0 Å². The molecule has 4 nitrogen and oxygen atoms in total. The largest absolute Gasteiger partial charge is 0.372 e. The van der Waals surface area contributed by atoms with Crippen molar-refractivity contribution < 1.29 is 4.79 Å². The van der Waals surface area contributed by atoms with Crippen molar-refractivity contribution in [1.29, 1.82) is 0 Å². The molecule has 3 rings (SSSR count). The van der Waals surface area contributed by atoms with Crippen molar-refractivity contribution in [2.24, 2.45) is 5.92 Å². The van der Waals surface area contributed by atoms with Crippen molar-refractivity contribution in [2.75, 3.05) is 23.3 Å². The quantitative estimate of drug-likeness (QED) is 0.891. The number of nitrogens with one attached hydrogen (secondary N) is 1. The fraction of sp³-hybridized carbons (Fsp3) is 0.474. The van der Waals surface area contributed by atoms with Gasteiger partial charge in [-0.2, -0.15) is 0 Å². The molecular formula is C19H25N3OS. The summed E-state index contributed by atoms with van der Waals surface area (Å²) in [6.07, 6.45) is 2.62. The summed E-state index contributed by atoms with van der Waals surface area (Å²) in [7, 11) is 0. The summed E-state index contributed by atoms with van der Waals surface area (Å²) in [5.41, 5.74) is 6.32. The van der Waals surface area contributed by atoms with Crippen LogP contribution < -0.4 is 10.2 Å². The van der Waals surface area contributed by atoms with Gasteiger partial charge in [-0.25, -0.2) is 4.98 Å². The lowest BCUT2D eigenvalue weighted by molar-refractivity contribution is -0.120. The van der Waals surface area contributed by atoms with Crippen LogP contribution in [0, 0.1) is 12.8 Å². The SMILES string of the molecule is CCN(CC)c1ccc(NC(=O)C2CCc3ncsc3C2)c(C)c1. The van der Waals surface area contributed by atoms with Crippen LogP contribution in [0.25, 0.3) is 0 Å². The van der Waals surface area contributed by atoms with Gasteiger partial charge in [0.15, 0.2) is 0 Å². The van der Waals surface area contributed by atoms with Crippen LogP contribution in [0.15, 0.2) is 23.7 Å². The molecule has 0 spiro atoms. The number of amides is 1. The number of anilines is 2. The average Bonchev–Trinajstić information content (AvgIpc) is 3.05. The van der Waals surface area contributed by atoms with Crippen LogP contribution in [0.3, 0.4) is 0 Å². The fourth-order valence-electron chi connectivity index (χ4n) is 3.33. The minimum absolute atomic E-state index is 0.0554. The molecule has 0 saturated carbocycles. The van der Waals surface area contributed by atoms with Crippen LogP contribution in [-0.2, 0) is 17.6 Å². The number of carbonyl (C=O) groups is 1. The molecule has 1 aromatic heterocycles. The van der Waals surface area contributed by atoms with Gasteiger partial charge in [-0.3, -0.25) is 4.79 Å². The second-order valence-electron chi connectivity index (χ2n) is 6.32. The van der Waals surface area contributed by atoms with Crippen LogP contribution in [0.5, 0.6) is 0 Å². The molecule has 5 heteroatoms. The first kappa shape index (κ1) is 17.0. The van der Waals surface area contributed by atoms with Crippen LogP contribution in [0.4, 0.5) is 11.4 Å². The average molecular weight is 343 g/mol. The Balaban J connectivity index is 1.69. The maximum Gasteiger partial charge on any atom is 0.227 e. The van der Waals surface area contributed by atoms with Crippen LogP contribution >= 0.6 is 11.3 Å². The minimum Gasteiger partial charge on any atom is -0.372 e. The zero-order valence-corrected chi connectivity index (χ0v) is 15.4. The molecule has 0 radical (unpaired) electrons. The van der Waals surface area contributed by atoms with E-state index in [1.807, 2.05) is 11.6 Å². The lowest BCUT2D eigenvalue weighted by atomic mass is 9.90. The molecule has 1 unspecified atom stereocenters. The monoisotopic (exact) mass is 343 g/mol. The Bertz CT molecular complexity index is 721. The van der Waals surface area contributed by atoms with Gasteiger partial charge in [0.2, 0.25) is 5.91 Å². The number of hydrogen-bond acceptors (Lipinski definition) is 4. The van der Waals surface area contributed by atoms with E-state index >= 15 is 0 Å². The third kappa shape index (κ3) is 3.46. The van der Waals surface area contributed by atoms with E-state index in [0.717, 1.165) is 43.6 Å². The lowest BCUT2D eigenvalue weighted by Gasteiger charge is -2.23. The molecule has 1 aromatic carbocycles. The van der Waals surface area contributed by atoms with Crippen LogP contribution in [0.1, 0.15) is 36.4 Å². The van der Waals surface area contributed by atoms with E-state index in [-0.39, 0.29) is 11.8 Å². The number of carbonyl (C=O) groups excluding carboxylic acids is 1. The Labute approximate surface area is 147 Å². The summed E-state index contributed by atoms with van der Waals surface area (Å²) in [5.74, 6) is 0.188. The van der Waals surface area contributed by atoms with Gasteiger partial charge < -0.3 is 10.2 Å². The Kier molecular flexibility index (Phi) is 5.19. The van der Waals surface area contributed by atoms with E-state index in [0.29, 0.717) is 0 Å². The number of nitrogens with zero attached hydrogens (tertiary/aromatic N) is 2. The summed E-state index contributed by atoms with van der Waals surface area (Å²) in [5, 5.41) is 3.13. The molecule has 1 aliphatic rings. The van der Waals surface area contributed by atoms with E-state index in [1.165, 1.54) is 16.3 Å². The normalized spacial score (nSPS) is 16.5. The van der Waals surface area contributed by atoms with Gasteiger partial charge in [0.1, 0.15) is 0 Å². The van der Waals surface area contributed by atoms with Gasteiger partial charge in [0.25, 0.3) is 0 Å². The van der Waals surface area contributed by atoms with Gasteiger partial charge in [-0.15, -0.1) is 11.3 Å². The first-order valence-corrected chi connectivity index (χ1v) is 9.58. The first-order valence-electron chi connectivity index (χ1n) is 8.70. The van der Waals surface area contributed by atoms with Crippen LogP contribution in [0.2, 0.25) is 0 Å². The van der Waals surface area contributed by atoms with Crippen molar-refractivity contribution in [3.63, 3.8) is 0 Å². The Morgan fingerprint density at radius 3 is 2.88 bits per heavy atom. The summed E-state index contributed by atoms with van der Waals surface area (Å²) in [6.45, 7) is 8.35. The van der Waals surface area contributed by atoms with Gasteiger partial charge in [0.05, 0.1) is 11.2 Å². The van der Waals surface area contributed by atoms with Crippen molar-refractivity contribution in [1.82, 2.24) is 4.98 Å². The van der Waals surface area contributed by atoms with Gasteiger partial charge in [-0.05, 0) is 63.8 Å². The number of benzene rings is 1. The highest BCUT2D eigenvalue weighted by Crippen LogP contribution is 2.29. The molecule has 1 atom stereocenters. The molecule has 1 amide bonds. The molecule has 0 aliphatic heterocycles. The van der Waals surface area contributed by atoms with Crippen molar-refractivity contribution in [3.8, 4) is 0 Å². The molecule has 24 heavy (non-hydrogen) atoms. The van der Waals surface area contributed by atoms with Gasteiger partial charge in [0, 0.05) is 35.3 Å². The molecule has 1 aliphatic carbocycles. The number of hydrogen-bond donors (Lipinski definition) is 1. The van der Waals surface area contributed by atoms with E-state index in [2.05, 4.69) is 48.1 Å². The maximum absolute atomic E-state index is 12.6. The second-order valence-corrected chi connectivity index (χ2v) is 7.26. The summed E-state index contributed by atoms with van der Waals surface area (Å²) < 4.78 is 0. The topological polar surface area (TPSA) is 45.2 Å². The molecule has 128 valence electrons. The van der Waals surface area contributed by atoms with E-state index in [4.69, 9.17) is 0 Å². The second kappa shape index (κ2) is 7.34. The predicted octanol–water partition coefficient (Wildman–Crippen LogP) is 4.04. The predicted molar refractivity (Wildman–Crippen MR) is 101 cm³/mol. The maximum atomic E-state index is 12.6. The zero-order chi connectivity index (χ0) is 17.1. The molecule has 0 bridgehead atoms. The Morgan fingerprint density at radius 1 is 1.38 bits per heavy atom.